The van der Waals surface area contributed by atoms with Crippen LogP contribution in [0.25, 0.3) is 0 Å². The van der Waals surface area contributed by atoms with Gasteiger partial charge < -0.3 is 0 Å². The van der Waals surface area contributed by atoms with Crippen molar-refractivity contribution >= 4 is 5.78 Å². The van der Waals surface area contributed by atoms with Gasteiger partial charge in [-0.25, -0.2) is 0 Å². The monoisotopic (exact) mass is 330 g/mol. The van der Waals surface area contributed by atoms with Gasteiger partial charge in [-0.3, -0.25) is 4.79 Å². The van der Waals surface area contributed by atoms with Gasteiger partial charge in [0, 0.05) is 12.8 Å². The van der Waals surface area contributed by atoms with Crippen LogP contribution in [0, 0.1) is 0 Å². The molecular weight excluding hydrogens is 292 g/mol. The van der Waals surface area contributed by atoms with Gasteiger partial charge in [0.1, 0.15) is 5.78 Å². The van der Waals surface area contributed by atoms with E-state index in [4.69, 9.17) is 0 Å². The summed E-state index contributed by atoms with van der Waals surface area (Å²) in [5.74, 6) is 0.393. The SMILES string of the molecule is CCCCCCCCCCCCCCCC(=O)Cc1ccccc1. The van der Waals surface area contributed by atoms with Crippen LogP contribution in [-0.2, 0) is 11.2 Å². The molecule has 1 rings (SSSR count). The summed E-state index contributed by atoms with van der Waals surface area (Å²) in [6, 6.07) is 10.1. The lowest BCUT2D eigenvalue weighted by molar-refractivity contribution is -0.118. The van der Waals surface area contributed by atoms with Gasteiger partial charge in [-0.2, -0.15) is 0 Å². The molecule has 1 aromatic rings. The van der Waals surface area contributed by atoms with E-state index < -0.39 is 0 Å². The lowest BCUT2D eigenvalue weighted by atomic mass is 10.0. The molecule has 0 amide bonds. The van der Waals surface area contributed by atoms with Gasteiger partial charge in [0.15, 0.2) is 0 Å². The Kier molecular flexibility index (Phi) is 13.4. The first-order chi connectivity index (χ1) is 11.8. The van der Waals surface area contributed by atoms with Gasteiger partial charge in [0.05, 0.1) is 0 Å². The molecule has 1 aromatic carbocycles. The molecule has 0 fully saturated rings. The molecule has 0 aliphatic heterocycles. The first-order valence-corrected chi connectivity index (χ1v) is 10.4. The van der Waals surface area contributed by atoms with Gasteiger partial charge in [0.2, 0.25) is 0 Å². The Balaban J connectivity index is 1.81. The third-order valence-corrected chi connectivity index (χ3v) is 4.80. The fraction of sp³-hybridized carbons (Fsp3) is 0.696. The van der Waals surface area contributed by atoms with Crippen LogP contribution >= 0.6 is 0 Å². The summed E-state index contributed by atoms with van der Waals surface area (Å²) >= 11 is 0. The van der Waals surface area contributed by atoms with E-state index in [1.165, 1.54) is 77.0 Å². The molecule has 0 saturated heterocycles. The summed E-state index contributed by atoms with van der Waals surface area (Å²) in [6.07, 6.45) is 19.0. The highest BCUT2D eigenvalue weighted by Crippen LogP contribution is 2.13. The molecule has 0 atom stereocenters. The zero-order chi connectivity index (χ0) is 17.3. The van der Waals surface area contributed by atoms with E-state index in [1.807, 2.05) is 30.3 Å². The number of rotatable bonds is 16. The molecule has 0 heterocycles. The van der Waals surface area contributed by atoms with Gasteiger partial charge in [-0.05, 0) is 12.0 Å². The van der Waals surface area contributed by atoms with Crippen LogP contribution in [0.15, 0.2) is 30.3 Å². The lowest BCUT2D eigenvalue weighted by Gasteiger charge is -2.03. The molecule has 0 saturated carbocycles. The smallest absolute Gasteiger partial charge is 0.137 e. The van der Waals surface area contributed by atoms with Crippen molar-refractivity contribution in [2.24, 2.45) is 0 Å². The molecule has 0 aromatic heterocycles. The fourth-order valence-corrected chi connectivity index (χ4v) is 3.25. The van der Waals surface area contributed by atoms with Crippen molar-refractivity contribution in [2.75, 3.05) is 0 Å². The van der Waals surface area contributed by atoms with Crippen molar-refractivity contribution in [2.45, 2.75) is 103 Å². The summed E-state index contributed by atoms with van der Waals surface area (Å²) in [4.78, 5) is 11.9. The average molecular weight is 331 g/mol. The summed E-state index contributed by atoms with van der Waals surface area (Å²) in [6.45, 7) is 2.28. The zero-order valence-electron chi connectivity index (χ0n) is 15.9. The van der Waals surface area contributed by atoms with E-state index in [9.17, 15) is 4.79 Å². The van der Waals surface area contributed by atoms with Crippen LogP contribution in [0.3, 0.4) is 0 Å². The normalized spacial score (nSPS) is 10.9. The second kappa shape index (κ2) is 15.4. The van der Waals surface area contributed by atoms with Crippen LogP contribution in [-0.4, -0.2) is 5.78 Å². The number of unbranched alkanes of at least 4 members (excludes halogenated alkanes) is 12. The highest BCUT2D eigenvalue weighted by atomic mass is 16.1. The summed E-state index contributed by atoms with van der Waals surface area (Å²) in [7, 11) is 0. The van der Waals surface area contributed by atoms with E-state index in [0.717, 1.165) is 18.4 Å². The molecule has 0 aliphatic carbocycles. The van der Waals surface area contributed by atoms with Gasteiger partial charge in [-0.1, -0.05) is 114 Å². The lowest BCUT2D eigenvalue weighted by Crippen LogP contribution is -2.02. The number of benzene rings is 1. The Labute approximate surface area is 150 Å². The van der Waals surface area contributed by atoms with Crippen molar-refractivity contribution in [3.05, 3.63) is 35.9 Å². The third kappa shape index (κ3) is 12.3. The Hall–Kier alpha value is -1.11. The van der Waals surface area contributed by atoms with Crippen LogP contribution in [0.5, 0.6) is 0 Å². The maximum Gasteiger partial charge on any atom is 0.137 e. The number of Topliss-reactive ketones (excluding diaryl/α,β-unsaturated/α-hetero) is 1. The molecule has 1 heteroatoms. The molecule has 0 N–H and O–H groups in total. The molecule has 136 valence electrons. The molecule has 0 spiro atoms. The highest BCUT2D eigenvalue weighted by molar-refractivity contribution is 5.80. The van der Waals surface area contributed by atoms with Crippen molar-refractivity contribution in [3.63, 3.8) is 0 Å². The molecule has 0 unspecified atom stereocenters. The van der Waals surface area contributed by atoms with Gasteiger partial charge in [-0.15, -0.1) is 0 Å². The number of ketones is 1. The van der Waals surface area contributed by atoms with Crippen LogP contribution < -0.4 is 0 Å². The predicted octanol–water partition coefficient (Wildman–Crippen LogP) is 7.28. The average Bonchev–Trinajstić information content (AvgIpc) is 2.60. The van der Waals surface area contributed by atoms with E-state index in [-0.39, 0.29) is 0 Å². The molecule has 0 bridgehead atoms. The molecule has 0 radical (unpaired) electrons. The van der Waals surface area contributed by atoms with Gasteiger partial charge in [0.25, 0.3) is 0 Å². The minimum absolute atomic E-state index is 0.393. The molecular formula is C23H38O. The van der Waals surface area contributed by atoms with Crippen LogP contribution in [0.2, 0.25) is 0 Å². The Morgan fingerprint density at radius 2 is 1.12 bits per heavy atom. The van der Waals surface area contributed by atoms with E-state index in [0.29, 0.717) is 12.2 Å². The number of hydrogen-bond donors (Lipinski definition) is 0. The molecule has 1 nitrogen and oxygen atoms in total. The minimum Gasteiger partial charge on any atom is -0.299 e. The van der Waals surface area contributed by atoms with E-state index >= 15 is 0 Å². The fourth-order valence-electron chi connectivity index (χ4n) is 3.25. The van der Waals surface area contributed by atoms with Crippen molar-refractivity contribution in [3.8, 4) is 0 Å². The standard InChI is InChI=1S/C23H38O/c1-2-3-4-5-6-7-8-9-10-11-12-13-17-20-23(24)21-22-18-15-14-16-19-22/h14-16,18-19H,2-13,17,20-21H2,1H3. The largest absolute Gasteiger partial charge is 0.299 e. The first-order valence-electron chi connectivity index (χ1n) is 10.4. The topological polar surface area (TPSA) is 17.1 Å². The summed E-state index contributed by atoms with van der Waals surface area (Å²) in [5.41, 5.74) is 1.15. The summed E-state index contributed by atoms with van der Waals surface area (Å²) < 4.78 is 0. The van der Waals surface area contributed by atoms with Gasteiger partial charge >= 0.3 is 0 Å². The number of hydrogen-bond acceptors (Lipinski definition) is 1. The van der Waals surface area contributed by atoms with E-state index in [2.05, 4.69) is 6.92 Å². The number of carbonyl (C=O) groups is 1. The van der Waals surface area contributed by atoms with Crippen molar-refractivity contribution in [1.29, 1.82) is 0 Å². The third-order valence-electron chi connectivity index (χ3n) is 4.80. The summed E-state index contributed by atoms with van der Waals surface area (Å²) in [5, 5.41) is 0. The second-order valence-electron chi connectivity index (χ2n) is 7.19. The highest BCUT2D eigenvalue weighted by Gasteiger charge is 2.03. The Bertz CT molecular complexity index is 396. The maximum absolute atomic E-state index is 11.9. The maximum atomic E-state index is 11.9. The van der Waals surface area contributed by atoms with Crippen molar-refractivity contribution < 1.29 is 4.79 Å². The van der Waals surface area contributed by atoms with Crippen LogP contribution in [0.1, 0.15) is 102 Å². The minimum atomic E-state index is 0.393. The zero-order valence-corrected chi connectivity index (χ0v) is 15.9. The molecule has 0 aliphatic rings. The second-order valence-corrected chi connectivity index (χ2v) is 7.19. The van der Waals surface area contributed by atoms with Crippen molar-refractivity contribution in [1.82, 2.24) is 0 Å². The predicted molar refractivity (Wildman–Crippen MR) is 105 cm³/mol. The Morgan fingerprint density at radius 3 is 1.62 bits per heavy atom. The molecule has 24 heavy (non-hydrogen) atoms. The first kappa shape index (κ1) is 20.9. The Morgan fingerprint density at radius 1 is 0.667 bits per heavy atom. The quantitative estimate of drug-likeness (QED) is 0.291. The van der Waals surface area contributed by atoms with Crippen LogP contribution in [0.4, 0.5) is 0 Å². The number of carbonyl (C=O) groups excluding carboxylic acids is 1. The van der Waals surface area contributed by atoms with E-state index in [1.54, 1.807) is 0 Å².